The molecule has 0 spiro atoms. The third-order valence-corrected chi connectivity index (χ3v) is 2.98. The summed E-state index contributed by atoms with van der Waals surface area (Å²) in [6, 6.07) is 4.95. The van der Waals surface area contributed by atoms with Crippen LogP contribution in [0.2, 0.25) is 0 Å². The molecule has 0 aliphatic carbocycles. The van der Waals surface area contributed by atoms with Crippen molar-refractivity contribution in [2.24, 2.45) is 0 Å². The number of esters is 2. The molecule has 0 aromatic heterocycles. The van der Waals surface area contributed by atoms with Crippen molar-refractivity contribution in [1.82, 2.24) is 0 Å². The first-order chi connectivity index (χ1) is 12.1. The van der Waals surface area contributed by atoms with E-state index in [0.717, 1.165) is 0 Å². The van der Waals surface area contributed by atoms with Crippen LogP contribution < -0.4 is 4.74 Å². The number of rotatable bonds is 7. The summed E-state index contributed by atoms with van der Waals surface area (Å²) in [7, 11) is 1.48. The number of hydrogen-bond acceptors (Lipinski definition) is 6. The van der Waals surface area contributed by atoms with Gasteiger partial charge in [-0.2, -0.15) is 0 Å². The predicted molar refractivity (Wildman–Crippen MR) is 99.0 cm³/mol. The Kier molecular flexibility index (Phi) is 7.68. The molecule has 1 aromatic carbocycles. The highest BCUT2D eigenvalue weighted by Crippen LogP contribution is 2.24. The zero-order chi connectivity index (χ0) is 19.9. The van der Waals surface area contributed by atoms with Crippen LogP contribution in [0.4, 0.5) is 0 Å². The van der Waals surface area contributed by atoms with Gasteiger partial charge in [-0.15, -0.1) is 0 Å². The molecule has 0 N–H and O–H groups in total. The van der Waals surface area contributed by atoms with Crippen molar-refractivity contribution in [2.45, 2.75) is 53.2 Å². The second-order valence-electron chi connectivity index (χ2n) is 6.86. The standard InChI is InChI=1S/C20H28O6/c1-8-24-19(22)17(25-13(2)3)12-14-9-10-16(23-7)15(11-14)18(21)26-20(4,5)6/h9-13H,8H2,1-7H3/b17-12+. The van der Waals surface area contributed by atoms with Crippen molar-refractivity contribution in [2.75, 3.05) is 13.7 Å². The lowest BCUT2D eigenvalue weighted by Crippen LogP contribution is -2.24. The molecule has 0 atom stereocenters. The third-order valence-electron chi connectivity index (χ3n) is 2.98. The maximum Gasteiger partial charge on any atom is 0.373 e. The average Bonchev–Trinajstić information content (AvgIpc) is 2.52. The molecular formula is C20H28O6. The Morgan fingerprint density at radius 1 is 1.19 bits per heavy atom. The molecule has 0 saturated carbocycles. The van der Waals surface area contributed by atoms with E-state index in [0.29, 0.717) is 11.3 Å². The highest BCUT2D eigenvalue weighted by molar-refractivity contribution is 5.95. The highest BCUT2D eigenvalue weighted by Gasteiger charge is 2.22. The first kappa shape index (κ1) is 21.5. The smallest absolute Gasteiger partial charge is 0.373 e. The van der Waals surface area contributed by atoms with E-state index >= 15 is 0 Å². The number of methoxy groups -OCH3 is 1. The maximum atomic E-state index is 12.4. The van der Waals surface area contributed by atoms with Crippen molar-refractivity contribution in [3.8, 4) is 5.75 Å². The van der Waals surface area contributed by atoms with E-state index < -0.39 is 17.5 Å². The maximum absolute atomic E-state index is 12.4. The lowest BCUT2D eigenvalue weighted by atomic mass is 10.1. The predicted octanol–water partition coefficient (Wildman–Crippen LogP) is 3.98. The molecule has 0 amide bonds. The SMILES string of the molecule is CCOC(=O)/C(=C\c1ccc(OC)c(C(=O)OC(C)(C)C)c1)OC(C)C. The number of benzene rings is 1. The number of ether oxygens (including phenoxy) is 4. The van der Waals surface area contributed by atoms with Gasteiger partial charge in [0.1, 0.15) is 16.9 Å². The second kappa shape index (κ2) is 9.27. The van der Waals surface area contributed by atoms with Crippen molar-refractivity contribution in [1.29, 1.82) is 0 Å². The van der Waals surface area contributed by atoms with E-state index in [1.165, 1.54) is 13.2 Å². The fraction of sp³-hybridized carbons (Fsp3) is 0.500. The number of hydrogen-bond donors (Lipinski definition) is 0. The van der Waals surface area contributed by atoms with Gasteiger partial charge in [0.2, 0.25) is 5.76 Å². The molecule has 1 aromatic rings. The average molecular weight is 364 g/mol. The van der Waals surface area contributed by atoms with E-state index in [2.05, 4.69) is 0 Å². The first-order valence-electron chi connectivity index (χ1n) is 8.54. The summed E-state index contributed by atoms with van der Waals surface area (Å²) in [5, 5.41) is 0. The topological polar surface area (TPSA) is 71.1 Å². The molecule has 6 heteroatoms. The molecule has 0 radical (unpaired) electrons. The van der Waals surface area contributed by atoms with Gasteiger partial charge in [-0.1, -0.05) is 6.07 Å². The molecule has 0 aliphatic rings. The van der Waals surface area contributed by atoms with Crippen LogP contribution in [0.3, 0.4) is 0 Å². The van der Waals surface area contributed by atoms with Crippen LogP contribution in [-0.4, -0.2) is 37.4 Å². The molecule has 26 heavy (non-hydrogen) atoms. The summed E-state index contributed by atoms with van der Waals surface area (Å²) in [4.78, 5) is 24.5. The van der Waals surface area contributed by atoms with Gasteiger partial charge in [0, 0.05) is 0 Å². The summed E-state index contributed by atoms with van der Waals surface area (Å²) in [6.07, 6.45) is 1.33. The second-order valence-corrected chi connectivity index (χ2v) is 6.86. The Morgan fingerprint density at radius 2 is 1.85 bits per heavy atom. The first-order valence-corrected chi connectivity index (χ1v) is 8.54. The van der Waals surface area contributed by atoms with Gasteiger partial charge in [-0.05, 0) is 65.3 Å². The number of carbonyl (C=O) groups is 2. The third kappa shape index (κ3) is 6.78. The van der Waals surface area contributed by atoms with Crippen LogP contribution >= 0.6 is 0 Å². The minimum absolute atomic E-state index is 0.0714. The molecule has 0 unspecified atom stereocenters. The van der Waals surface area contributed by atoms with Crippen molar-refractivity contribution >= 4 is 18.0 Å². The summed E-state index contributed by atoms with van der Waals surface area (Å²) in [5.41, 5.74) is 0.226. The Hall–Kier alpha value is -2.50. The van der Waals surface area contributed by atoms with Crippen LogP contribution in [0.1, 0.15) is 57.5 Å². The zero-order valence-corrected chi connectivity index (χ0v) is 16.5. The van der Waals surface area contributed by atoms with Crippen molar-refractivity contribution in [3.63, 3.8) is 0 Å². The minimum atomic E-state index is -0.634. The normalized spacial score (nSPS) is 11.9. The van der Waals surface area contributed by atoms with Crippen molar-refractivity contribution < 1.29 is 28.5 Å². The van der Waals surface area contributed by atoms with E-state index in [1.807, 2.05) is 13.8 Å². The minimum Gasteiger partial charge on any atom is -0.496 e. The quantitative estimate of drug-likeness (QED) is 0.414. The summed E-state index contributed by atoms with van der Waals surface area (Å²) in [5.74, 6) is -0.607. The Morgan fingerprint density at radius 3 is 2.35 bits per heavy atom. The van der Waals surface area contributed by atoms with Gasteiger partial charge in [0.05, 0.1) is 19.8 Å². The van der Waals surface area contributed by atoms with E-state index in [-0.39, 0.29) is 24.0 Å². The molecule has 6 nitrogen and oxygen atoms in total. The Labute approximate surface area is 155 Å². The van der Waals surface area contributed by atoms with Crippen LogP contribution in [0.25, 0.3) is 6.08 Å². The Bertz CT molecular complexity index is 667. The molecule has 0 aliphatic heterocycles. The largest absolute Gasteiger partial charge is 0.496 e. The van der Waals surface area contributed by atoms with Crippen LogP contribution in [0, 0.1) is 0 Å². The van der Waals surface area contributed by atoms with Crippen molar-refractivity contribution in [3.05, 3.63) is 35.1 Å². The van der Waals surface area contributed by atoms with E-state index in [1.54, 1.807) is 45.9 Å². The summed E-state index contributed by atoms with van der Waals surface area (Å²) < 4.78 is 21.2. The molecule has 0 bridgehead atoms. The highest BCUT2D eigenvalue weighted by atomic mass is 16.6. The fourth-order valence-corrected chi connectivity index (χ4v) is 2.06. The molecule has 0 saturated heterocycles. The van der Waals surface area contributed by atoms with Gasteiger partial charge in [-0.3, -0.25) is 0 Å². The molecular weight excluding hydrogens is 336 g/mol. The molecule has 144 valence electrons. The lowest BCUT2D eigenvalue weighted by Gasteiger charge is -2.20. The zero-order valence-electron chi connectivity index (χ0n) is 16.5. The number of carbonyl (C=O) groups excluding carboxylic acids is 2. The van der Waals surface area contributed by atoms with Crippen LogP contribution in [0.5, 0.6) is 5.75 Å². The van der Waals surface area contributed by atoms with Crippen LogP contribution in [-0.2, 0) is 19.0 Å². The molecule has 1 rings (SSSR count). The van der Waals surface area contributed by atoms with Gasteiger partial charge in [0.15, 0.2) is 0 Å². The summed E-state index contributed by atoms with van der Waals surface area (Å²) >= 11 is 0. The monoisotopic (exact) mass is 364 g/mol. The van der Waals surface area contributed by atoms with Gasteiger partial charge < -0.3 is 18.9 Å². The van der Waals surface area contributed by atoms with Gasteiger partial charge in [0.25, 0.3) is 0 Å². The van der Waals surface area contributed by atoms with Gasteiger partial charge in [-0.25, -0.2) is 9.59 Å². The molecule has 0 fully saturated rings. The fourth-order valence-electron chi connectivity index (χ4n) is 2.06. The lowest BCUT2D eigenvalue weighted by molar-refractivity contribution is -0.143. The Balaban J connectivity index is 3.28. The van der Waals surface area contributed by atoms with E-state index in [9.17, 15) is 9.59 Å². The van der Waals surface area contributed by atoms with Crippen LogP contribution in [0.15, 0.2) is 24.0 Å². The van der Waals surface area contributed by atoms with Gasteiger partial charge >= 0.3 is 11.9 Å². The molecule has 0 heterocycles. The summed E-state index contributed by atoms with van der Waals surface area (Å²) in [6.45, 7) is 11.0. The van der Waals surface area contributed by atoms with E-state index in [4.69, 9.17) is 18.9 Å².